The van der Waals surface area contributed by atoms with E-state index >= 15 is 0 Å². The molecule has 0 saturated heterocycles. The Labute approximate surface area is 143 Å². The molecule has 1 aliphatic rings. The van der Waals surface area contributed by atoms with Crippen molar-refractivity contribution < 1.29 is 9.84 Å². The number of hydrogen-bond acceptors (Lipinski definition) is 2. The van der Waals surface area contributed by atoms with E-state index in [0.717, 1.165) is 12.8 Å². The van der Waals surface area contributed by atoms with Gasteiger partial charge in [0.1, 0.15) is 0 Å². The zero-order valence-electron chi connectivity index (χ0n) is 15.0. The quantitative estimate of drug-likeness (QED) is 0.334. The highest BCUT2D eigenvalue weighted by Crippen LogP contribution is 2.27. The third-order valence-corrected chi connectivity index (χ3v) is 4.53. The van der Waals surface area contributed by atoms with Crippen LogP contribution in [0, 0.1) is 5.41 Å². The molecule has 0 aromatic rings. The molecule has 0 bridgehead atoms. The molecule has 1 unspecified atom stereocenters. The Morgan fingerprint density at radius 3 is 2.39 bits per heavy atom. The Morgan fingerprint density at radius 1 is 1.00 bits per heavy atom. The van der Waals surface area contributed by atoms with Gasteiger partial charge in [0.05, 0.1) is 19.8 Å². The summed E-state index contributed by atoms with van der Waals surface area (Å²) < 4.78 is 5.72. The number of unbranched alkanes of at least 4 members (excludes halogenated alkanes) is 8. The number of aliphatic hydroxyl groups is 1. The Hall–Kier alpha value is -0.860. The topological polar surface area (TPSA) is 29.5 Å². The zero-order valence-corrected chi connectivity index (χ0v) is 15.0. The van der Waals surface area contributed by atoms with Crippen LogP contribution in [0.4, 0.5) is 0 Å². The molecule has 0 saturated carbocycles. The van der Waals surface area contributed by atoms with Crippen molar-refractivity contribution in [1.29, 1.82) is 0 Å². The van der Waals surface area contributed by atoms with E-state index in [2.05, 4.69) is 31.2 Å². The number of hydrogen-bond donors (Lipinski definition) is 1. The van der Waals surface area contributed by atoms with Crippen LogP contribution in [-0.2, 0) is 4.74 Å². The summed E-state index contributed by atoms with van der Waals surface area (Å²) in [5.74, 6) is 0. The molecule has 1 rings (SSSR count). The predicted molar refractivity (Wildman–Crippen MR) is 99.6 cm³/mol. The van der Waals surface area contributed by atoms with E-state index in [0.29, 0.717) is 13.2 Å². The first-order chi connectivity index (χ1) is 11.3. The van der Waals surface area contributed by atoms with Crippen LogP contribution >= 0.6 is 0 Å². The molecule has 1 aliphatic carbocycles. The van der Waals surface area contributed by atoms with Crippen LogP contribution in [0.15, 0.2) is 36.5 Å². The number of allylic oxidation sites excluding steroid dienone is 4. The van der Waals surface area contributed by atoms with Crippen LogP contribution in [0.5, 0.6) is 0 Å². The first kappa shape index (κ1) is 20.2. The molecule has 0 spiro atoms. The summed E-state index contributed by atoms with van der Waals surface area (Å²) in [5, 5.41) is 9.55. The molecule has 1 N–H and O–H groups in total. The number of aliphatic hydroxyl groups excluding tert-OH is 1. The Balaban J connectivity index is 1.92. The van der Waals surface area contributed by atoms with Gasteiger partial charge in [-0.15, -0.1) is 0 Å². The van der Waals surface area contributed by atoms with E-state index in [1.807, 2.05) is 12.2 Å². The van der Waals surface area contributed by atoms with E-state index in [1.54, 1.807) is 0 Å². The summed E-state index contributed by atoms with van der Waals surface area (Å²) in [6.07, 6.45) is 25.5. The zero-order chi connectivity index (χ0) is 16.6. The second-order valence-corrected chi connectivity index (χ2v) is 6.76. The van der Waals surface area contributed by atoms with Gasteiger partial charge in [-0.05, 0) is 19.3 Å². The monoisotopic (exact) mass is 320 g/mol. The molecular weight excluding hydrogens is 284 g/mol. The maximum atomic E-state index is 9.55. The average Bonchev–Trinajstić information content (AvgIpc) is 2.60. The molecule has 0 aromatic heterocycles. The Kier molecular flexibility index (Phi) is 11.9. The van der Waals surface area contributed by atoms with Crippen molar-refractivity contribution in [2.45, 2.75) is 71.1 Å². The van der Waals surface area contributed by atoms with Gasteiger partial charge >= 0.3 is 0 Å². The van der Waals surface area contributed by atoms with E-state index in [4.69, 9.17) is 4.74 Å². The van der Waals surface area contributed by atoms with Crippen LogP contribution in [0.25, 0.3) is 0 Å². The van der Waals surface area contributed by atoms with E-state index in [1.165, 1.54) is 51.4 Å². The second kappa shape index (κ2) is 13.6. The van der Waals surface area contributed by atoms with Crippen molar-refractivity contribution in [3.8, 4) is 0 Å². The molecular formula is C21H36O2. The summed E-state index contributed by atoms with van der Waals surface area (Å²) in [6.45, 7) is 3.65. The molecule has 0 amide bonds. The lowest BCUT2D eigenvalue weighted by atomic mass is 9.83. The van der Waals surface area contributed by atoms with Gasteiger partial charge in [0.15, 0.2) is 0 Å². The van der Waals surface area contributed by atoms with Gasteiger partial charge in [0.2, 0.25) is 0 Å². The summed E-state index contributed by atoms with van der Waals surface area (Å²) in [6, 6.07) is 0. The van der Waals surface area contributed by atoms with Crippen LogP contribution in [0.1, 0.15) is 71.1 Å². The molecule has 0 aliphatic heterocycles. The molecule has 2 nitrogen and oxygen atoms in total. The molecule has 0 heterocycles. The maximum Gasteiger partial charge on any atom is 0.0647 e. The van der Waals surface area contributed by atoms with Crippen LogP contribution in [0.3, 0.4) is 0 Å². The third kappa shape index (κ3) is 9.78. The molecule has 2 heteroatoms. The van der Waals surface area contributed by atoms with E-state index in [-0.39, 0.29) is 12.0 Å². The molecule has 132 valence electrons. The van der Waals surface area contributed by atoms with E-state index < -0.39 is 0 Å². The van der Waals surface area contributed by atoms with Gasteiger partial charge in [0.25, 0.3) is 0 Å². The van der Waals surface area contributed by atoms with Crippen molar-refractivity contribution in [2.24, 2.45) is 5.41 Å². The minimum atomic E-state index is -0.208. The minimum absolute atomic E-state index is 0.149. The largest absolute Gasteiger partial charge is 0.395 e. The van der Waals surface area contributed by atoms with Crippen LogP contribution < -0.4 is 0 Å². The van der Waals surface area contributed by atoms with Gasteiger partial charge in [-0.3, -0.25) is 0 Å². The van der Waals surface area contributed by atoms with Gasteiger partial charge in [-0.2, -0.15) is 0 Å². The number of ether oxygens (including phenoxy) is 1. The lowest BCUT2D eigenvalue weighted by molar-refractivity contribution is 0.0478. The summed E-state index contributed by atoms with van der Waals surface area (Å²) in [5.41, 5.74) is -0.208. The average molecular weight is 321 g/mol. The highest BCUT2D eigenvalue weighted by atomic mass is 16.5. The SMILES string of the molecule is CCCCCCCCCCC=CCOCC1(CO)C=CC=CC1. The molecule has 0 fully saturated rings. The predicted octanol–water partition coefficient (Wildman–Crippen LogP) is 5.58. The molecule has 0 aromatic carbocycles. The minimum Gasteiger partial charge on any atom is -0.395 e. The molecule has 23 heavy (non-hydrogen) atoms. The summed E-state index contributed by atoms with van der Waals surface area (Å²) in [4.78, 5) is 0. The first-order valence-electron chi connectivity index (χ1n) is 9.51. The van der Waals surface area contributed by atoms with Crippen LogP contribution in [0.2, 0.25) is 0 Å². The van der Waals surface area contributed by atoms with E-state index in [9.17, 15) is 5.11 Å². The normalized spacial score (nSPS) is 20.6. The fourth-order valence-electron chi connectivity index (χ4n) is 2.89. The highest BCUT2D eigenvalue weighted by Gasteiger charge is 2.26. The Morgan fingerprint density at radius 2 is 1.74 bits per heavy atom. The third-order valence-electron chi connectivity index (χ3n) is 4.53. The van der Waals surface area contributed by atoms with Gasteiger partial charge in [0, 0.05) is 5.41 Å². The second-order valence-electron chi connectivity index (χ2n) is 6.76. The lowest BCUT2D eigenvalue weighted by Crippen LogP contribution is -2.29. The fraction of sp³-hybridized carbons (Fsp3) is 0.714. The lowest BCUT2D eigenvalue weighted by Gasteiger charge is -2.28. The highest BCUT2D eigenvalue weighted by molar-refractivity contribution is 5.16. The summed E-state index contributed by atoms with van der Waals surface area (Å²) >= 11 is 0. The first-order valence-corrected chi connectivity index (χ1v) is 9.51. The van der Waals surface area contributed by atoms with Gasteiger partial charge in [-0.1, -0.05) is 88.3 Å². The molecule has 0 radical (unpaired) electrons. The van der Waals surface area contributed by atoms with Gasteiger partial charge < -0.3 is 9.84 Å². The Bertz CT molecular complexity index is 357. The number of rotatable bonds is 14. The van der Waals surface area contributed by atoms with Crippen molar-refractivity contribution in [3.05, 3.63) is 36.5 Å². The van der Waals surface area contributed by atoms with Crippen molar-refractivity contribution in [3.63, 3.8) is 0 Å². The molecule has 1 atom stereocenters. The smallest absolute Gasteiger partial charge is 0.0647 e. The van der Waals surface area contributed by atoms with Gasteiger partial charge in [-0.25, -0.2) is 0 Å². The summed E-state index contributed by atoms with van der Waals surface area (Å²) in [7, 11) is 0. The standard InChI is InChI=1S/C21H36O2/c1-2-3-4-5-6-7-8-9-10-11-15-18-23-20-21(19-22)16-13-12-14-17-21/h11-16,22H,2-10,17-20H2,1H3. The van der Waals surface area contributed by atoms with Crippen molar-refractivity contribution in [1.82, 2.24) is 0 Å². The maximum absolute atomic E-state index is 9.55. The van der Waals surface area contributed by atoms with Crippen LogP contribution in [-0.4, -0.2) is 24.9 Å². The van der Waals surface area contributed by atoms with Crippen molar-refractivity contribution in [2.75, 3.05) is 19.8 Å². The van der Waals surface area contributed by atoms with Crippen molar-refractivity contribution >= 4 is 0 Å². The fourth-order valence-corrected chi connectivity index (χ4v) is 2.89.